The molecule has 1 N–H and O–H groups in total. The lowest BCUT2D eigenvalue weighted by Gasteiger charge is -2.11. The maximum atomic E-state index is 11.2. The van der Waals surface area contributed by atoms with Gasteiger partial charge in [0, 0.05) is 19.1 Å². The topological polar surface area (TPSA) is 38.3 Å². The summed E-state index contributed by atoms with van der Waals surface area (Å²) in [7, 11) is 0. The monoisotopic (exact) mass is 183 g/mol. The molecule has 0 aromatic carbocycles. The maximum absolute atomic E-state index is 11.2. The van der Waals surface area contributed by atoms with Gasteiger partial charge in [0.05, 0.1) is 6.10 Å². The summed E-state index contributed by atoms with van der Waals surface area (Å²) in [5.41, 5.74) is 0. The molecule has 0 aromatic heterocycles. The lowest BCUT2D eigenvalue weighted by atomic mass is 9.99. The molecule has 2 rings (SSSR count). The summed E-state index contributed by atoms with van der Waals surface area (Å²) in [6, 6.07) is 0. The first-order valence-electron chi connectivity index (χ1n) is 5.25. The van der Waals surface area contributed by atoms with Gasteiger partial charge in [0.15, 0.2) is 0 Å². The average Bonchev–Trinajstić information content (AvgIpc) is 2.72. The molecule has 2 atom stereocenters. The summed E-state index contributed by atoms with van der Waals surface area (Å²) in [5.74, 6) is 0.516. The normalized spacial score (nSPS) is 33.7. The zero-order chi connectivity index (χ0) is 9.10. The zero-order valence-corrected chi connectivity index (χ0v) is 7.92. The van der Waals surface area contributed by atoms with Crippen LogP contribution >= 0.6 is 0 Å². The fraction of sp³-hybridized carbons (Fsp3) is 0.900. The Labute approximate surface area is 78.8 Å². The third kappa shape index (κ3) is 2.21. The van der Waals surface area contributed by atoms with E-state index < -0.39 is 0 Å². The van der Waals surface area contributed by atoms with E-state index in [-0.39, 0.29) is 11.8 Å². The SMILES string of the molecule is O=C1NCCC1CCC1CCCO1. The second-order valence-electron chi connectivity index (χ2n) is 3.99. The average molecular weight is 183 g/mol. The second kappa shape index (κ2) is 4.09. The van der Waals surface area contributed by atoms with E-state index in [9.17, 15) is 4.79 Å². The highest BCUT2D eigenvalue weighted by molar-refractivity contribution is 5.80. The highest BCUT2D eigenvalue weighted by Gasteiger charge is 2.25. The molecule has 2 saturated heterocycles. The molecule has 1 amide bonds. The van der Waals surface area contributed by atoms with Crippen molar-refractivity contribution in [1.82, 2.24) is 5.32 Å². The minimum Gasteiger partial charge on any atom is -0.378 e. The van der Waals surface area contributed by atoms with Crippen LogP contribution in [0.3, 0.4) is 0 Å². The smallest absolute Gasteiger partial charge is 0.223 e. The first kappa shape index (κ1) is 9.00. The van der Waals surface area contributed by atoms with Crippen LogP contribution in [0.4, 0.5) is 0 Å². The number of carbonyl (C=O) groups excluding carboxylic acids is 1. The first-order chi connectivity index (χ1) is 6.36. The summed E-state index contributed by atoms with van der Waals surface area (Å²) in [6.07, 6.45) is 5.92. The Kier molecular flexibility index (Phi) is 2.83. The molecule has 0 spiro atoms. The molecule has 0 aliphatic carbocycles. The predicted octanol–water partition coefficient (Wildman–Crippen LogP) is 1.08. The number of amides is 1. The van der Waals surface area contributed by atoms with Crippen molar-refractivity contribution < 1.29 is 9.53 Å². The Balaban J connectivity index is 1.69. The molecule has 2 fully saturated rings. The molecule has 0 bridgehead atoms. The Hall–Kier alpha value is -0.570. The van der Waals surface area contributed by atoms with E-state index in [1.165, 1.54) is 12.8 Å². The van der Waals surface area contributed by atoms with Gasteiger partial charge in [-0.1, -0.05) is 0 Å². The van der Waals surface area contributed by atoms with Crippen LogP contribution in [0.15, 0.2) is 0 Å². The molecule has 2 aliphatic rings. The number of hydrogen-bond acceptors (Lipinski definition) is 2. The number of ether oxygens (including phenoxy) is 1. The lowest BCUT2D eigenvalue weighted by Crippen LogP contribution is -2.20. The van der Waals surface area contributed by atoms with Gasteiger partial charge in [-0.15, -0.1) is 0 Å². The molecule has 3 heteroatoms. The molecule has 13 heavy (non-hydrogen) atoms. The van der Waals surface area contributed by atoms with Gasteiger partial charge in [-0.2, -0.15) is 0 Å². The van der Waals surface area contributed by atoms with E-state index in [0.29, 0.717) is 6.10 Å². The summed E-state index contributed by atoms with van der Waals surface area (Å²) >= 11 is 0. The van der Waals surface area contributed by atoms with Crippen LogP contribution in [0.2, 0.25) is 0 Å². The highest BCUT2D eigenvalue weighted by Crippen LogP contribution is 2.22. The minimum atomic E-state index is 0.248. The molecular weight excluding hydrogens is 166 g/mol. The Morgan fingerprint density at radius 3 is 2.92 bits per heavy atom. The quantitative estimate of drug-likeness (QED) is 0.711. The van der Waals surface area contributed by atoms with Gasteiger partial charge in [0.1, 0.15) is 0 Å². The molecular formula is C10H17NO2. The third-order valence-electron chi connectivity index (χ3n) is 3.02. The van der Waals surface area contributed by atoms with E-state index in [0.717, 1.165) is 32.4 Å². The standard InChI is InChI=1S/C10H17NO2/c12-10-8(5-6-11-10)3-4-9-2-1-7-13-9/h8-9H,1-7H2,(H,11,12). The number of carbonyl (C=O) groups is 1. The summed E-state index contributed by atoms with van der Waals surface area (Å²) in [6.45, 7) is 1.79. The van der Waals surface area contributed by atoms with Gasteiger partial charge in [-0.3, -0.25) is 4.79 Å². The van der Waals surface area contributed by atoms with Crippen molar-refractivity contribution in [2.45, 2.75) is 38.2 Å². The van der Waals surface area contributed by atoms with Gasteiger partial charge >= 0.3 is 0 Å². The summed E-state index contributed by atoms with van der Waals surface area (Å²) in [4.78, 5) is 11.2. The summed E-state index contributed by atoms with van der Waals surface area (Å²) in [5, 5.41) is 2.87. The van der Waals surface area contributed by atoms with Gasteiger partial charge in [-0.25, -0.2) is 0 Å². The zero-order valence-electron chi connectivity index (χ0n) is 7.92. The van der Waals surface area contributed by atoms with Crippen molar-refractivity contribution in [3.05, 3.63) is 0 Å². The minimum absolute atomic E-state index is 0.248. The van der Waals surface area contributed by atoms with Crippen LogP contribution in [-0.2, 0) is 9.53 Å². The van der Waals surface area contributed by atoms with Crippen molar-refractivity contribution in [2.24, 2.45) is 5.92 Å². The predicted molar refractivity (Wildman–Crippen MR) is 49.3 cm³/mol. The Bertz CT molecular complexity index is 187. The number of rotatable bonds is 3. The van der Waals surface area contributed by atoms with Crippen LogP contribution in [-0.4, -0.2) is 25.2 Å². The van der Waals surface area contributed by atoms with E-state index in [2.05, 4.69) is 5.32 Å². The fourth-order valence-corrected chi connectivity index (χ4v) is 2.18. The third-order valence-corrected chi connectivity index (χ3v) is 3.02. The van der Waals surface area contributed by atoms with Gasteiger partial charge in [-0.05, 0) is 32.1 Å². The molecule has 2 unspecified atom stereocenters. The largest absolute Gasteiger partial charge is 0.378 e. The van der Waals surface area contributed by atoms with E-state index in [4.69, 9.17) is 4.74 Å². The molecule has 3 nitrogen and oxygen atoms in total. The molecule has 0 saturated carbocycles. The molecule has 0 radical (unpaired) electrons. The van der Waals surface area contributed by atoms with Crippen molar-refractivity contribution in [3.8, 4) is 0 Å². The molecule has 2 heterocycles. The van der Waals surface area contributed by atoms with Crippen molar-refractivity contribution in [3.63, 3.8) is 0 Å². The lowest BCUT2D eigenvalue weighted by molar-refractivity contribution is -0.122. The van der Waals surface area contributed by atoms with Crippen LogP contribution in [0, 0.1) is 5.92 Å². The van der Waals surface area contributed by atoms with Crippen LogP contribution in [0.5, 0.6) is 0 Å². The van der Waals surface area contributed by atoms with Gasteiger partial charge < -0.3 is 10.1 Å². The highest BCUT2D eigenvalue weighted by atomic mass is 16.5. The van der Waals surface area contributed by atoms with Crippen LogP contribution < -0.4 is 5.32 Å². The number of hydrogen-bond donors (Lipinski definition) is 1. The fourth-order valence-electron chi connectivity index (χ4n) is 2.18. The molecule has 0 aromatic rings. The maximum Gasteiger partial charge on any atom is 0.223 e. The first-order valence-corrected chi connectivity index (χ1v) is 5.25. The van der Waals surface area contributed by atoms with Crippen molar-refractivity contribution >= 4 is 5.91 Å². The van der Waals surface area contributed by atoms with Crippen LogP contribution in [0.1, 0.15) is 32.1 Å². The van der Waals surface area contributed by atoms with E-state index >= 15 is 0 Å². The van der Waals surface area contributed by atoms with Gasteiger partial charge in [0.2, 0.25) is 5.91 Å². The van der Waals surface area contributed by atoms with Crippen molar-refractivity contribution in [1.29, 1.82) is 0 Å². The van der Waals surface area contributed by atoms with Gasteiger partial charge in [0.25, 0.3) is 0 Å². The molecule has 2 aliphatic heterocycles. The Morgan fingerprint density at radius 2 is 2.31 bits per heavy atom. The second-order valence-corrected chi connectivity index (χ2v) is 3.99. The van der Waals surface area contributed by atoms with E-state index in [1.54, 1.807) is 0 Å². The Morgan fingerprint density at radius 1 is 1.38 bits per heavy atom. The van der Waals surface area contributed by atoms with Crippen molar-refractivity contribution in [2.75, 3.05) is 13.2 Å². The number of nitrogens with one attached hydrogen (secondary N) is 1. The summed E-state index contributed by atoms with van der Waals surface area (Å²) < 4.78 is 5.52. The molecule has 74 valence electrons. The van der Waals surface area contributed by atoms with E-state index in [1.807, 2.05) is 0 Å². The van der Waals surface area contributed by atoms with Crippen LogP contribution in [0.25, 0.3) is 0 Å².